The molecule has 1 atom stereocenters. The SMILES string of the molecule is COc1cccc(CN(CC2CC(c3ccc4c(c3)OCO4)=NO2)C(=O)C2CCC2)c1. The molecule has 0 aromatic heterocycles. The van der Waals surface area contributed by atoms with Crippen molar-refractivity contribution in [2.75, 3.05) is 20.4 Å². The van der Waals surface area contributed by atoms with Gasteiger partial charge in [0.05, 0.1) is 19.4 Å². The van der Waals surface area contributed by atoms with Crippen molar-refractivity contribution in [3.8, 4) is 17.2 Å². The standard InChI is InChI=1S/C24H26N2O5/c1-28-19-7-2-4-16(10-19)13-26(24(27)17-5-3-6-17)14-20-12-21(25-31-20)18-8-9-22-23(11-18)30-15-29-22/h2,4,7-11,17,20H,3,5-6,12-15H2,1H3. The lowest BCUT2D eigenvalue weighted by Gasteiger charge is -2.32. The predicted molar refractivity (Wildman–Crippen MR) is 114 cm³/mol. The average molecular weight is 422 g/mol. The Balaban J connectivity index is 1.27. The van der Waals surface area contributed by atoms with Crippen molar-refractivity contribution in [1.29, 1.82) is 0 Å². The molecule has 1 amide bonds. The molecule has 31 heavy (non-hydrogen) atoms. The van der Waals surface area contributed by atoms with Gasteiger partial charge in [-0.25, -0.2) is 0 Å². The summed E-state index contributed by atoms with van der Waals surface area (Å²) in [5, 5.41) is 4.30. The maximum Gasteiger partial charge on any atom is 0.231 e. The van der Waals surface area contributed by atoms with Gasteiger partial charge in [0, 0.05) is 24.4 Å². The summed E-state index contributed by atoms with van der Waals surface area (Å²) in [4.78, 5) is 20.8. The number of rotatable bonds is 7. The third kappa shape index (κ3) is 4.17. The fraction of sp³-hybridized carbons (Fsp3) is 0.417. The number of oxime groups is 1. The molecular formula is C24H26N2O5. The van der Waals surface area contributed by atoms with Crippen LogP contribution in [0.15, 0.2) is 47.6 Å². The van der Waals surface area contributed by atoms with E-state index in [1.807, 2.05) is 47.4 Å². The average Bonchev–Trinajstić information content (AvgIpc) is 3.41. The number of carbonyl (C=O) groups is 1. The Bertz CT molecular complexity index is 1000. The number of benzene rings is 2. The van der Waals surface area contributed by atoms with Crippen molar-refractivity contribution in [3.05, 3.63) is 53.6 Å². The van der Waals surface area contributed by atoms with Crippen LogP contribution in [-0.4, -0.2) is 43.1 Å². The van der Waals surface area contributed by atoms with Crippen LogP contribution in [0.25, 0.3) is 0 Å². The van der Waals surface area contributed by atoms with Crippen molar-refractivity contribution in [3.63, 3.8) is 0 Å². The van der Waals surface area contributed by atoms with Gasteiger partial charge < -0.3 is 23.9 Å². The number of methoxy groups -OCH3 is 1. The van der Waals surface area contributed by atoms with Gasteiger partial charge in [0.15, 0.2) is 17.6 Å². The van der Waals surface area contributed by atoms with Gasteiger partial charge in [-0.1, -0.05) is 23.7 Å². The van der Waals surface area contributed by atoms with Gasteiger partial charge in [-0.2, -0.15) is 0 Å². The Morgan fingerprint density at radius 1 is 1.16 bits per heavy atom. The largest absolute Gasteiger partial charge is 0.497 e. The molecule has 3 aliphatic rings. The zero-order valence-corrected chi connectivity index (χ0v) is 17.6. The maximum atomic E-state index is 13.1. The van der Waals surface area contributed by atoms with Crippen molar-refractivity contribution < 1.29 is 23.8 Å². The van der Waals surface area contributed by atoms with Gasteiger partial charge in [-0.15, -0.1) is 0 Å². The second-order valence-corrected chi connectivity index (χ2v) is 8.24. The topological polar surface area (TPSA) is 69.6 Å². The molecule has 0 radical (unpaired) electrons. The highest BCUT2D eigenvalue weighted by atomic mass is 16.7. The summed E-state index contributed by atoms with van der Waals surface area (Å²) >= 11 is 0. The minimum Gasteiger partial charge on any atom is -0.497 e. The molecule has 2 heterocycles. The lowest BCUT2D eigenvalue weighted by atomic mass is 9.84. The number of nitrogens with zero attached hydrogens (tertiary/aromatic N) is 2. The summed E-state index contributed by atoms with van der Waals surface area (Å²) in [7, 11) is 1.65. The Hall–Kier alpha value is -3.22. The minimum absolute atomic E-state index is 0.126. The van der Waals surface area contributed by atoms with E-state index in [9.17, 15) is 4.79 Å². The molecule has 2 aliphatic heterocycles. The number of hydrogen-bond acceptors (Lipinski definition) is 6. The second kappa shape index (κ2) is 8.49. The monoisotopic (exact) mass is 422 g/mol. The molecule has 2 aromatic rings. The van der Waals surface area contributed by atoms with E-state index in [1.54, 1.807) is 7.11 Å². The molecule has 7 heteroatoms. The van der Waals surface area contributed by atoms with Crippen molar-refractivity contribution >= 4 is 11.6 Å². The van der Waals surface area contributed by atoms with Crippen LogP contribution in [0, 0.1) is 5.92 Å². The minimum atomic E-state index is -0.171. The first-order valence-electron chi connectivity index (χ1n) is 10.7. The normalized spacial score (nSPS) is 19.4. The molecule has 0 spiro atoms. The third-order valence-electron chi connectivity index (χ3n) is 6.14. The molecular weight excluding hydrogens is 396 g/mol. The van der Waals surface area contributed by atoms with Gasteiger partial charge in [0.1, 0.15) is 5.75 Å². The lowest BCUT2D eigenvalue weighted by Crippen LogP contribution is -2.42. The summed E-state index contributed by atoms with van der Waals surface area (Å²) in [6.45, 7) is 1.28. The van der Waals surface area contributed by atoms with E-state index >= 15 is 0 Å². The van der Waals surface area contributed by atoms with Crippen LogP contribution in [0.3, 0.4) is 0 Å². The first-order chi connectivity index (χ1) is 15.2. The van der Waals surface area contributed by atoms with E-state index in [4.69, 9.17) is 19.0 Å². The Labute approximate surface area is 181 Å². The van der Waals surface area contributed by atoms with E-state index in [-0.39, 0.29) is 24.7 Å². The predicted octanol–water partition coefficient (Wildman–Crippen LogP) is 3.75. The van der Waals surface area contributed by atoms with Gasteiger partial charge in [-0.05, 0) is 48.7 Å². The highest BCUT2D eigenvalue weighted by Crippen LogP contribution is 2.34. The fourth-order valence-electron chi connectivity index (χ4n) is 4.16. The number of ether oxygens (including phenoxy) is 3. The van der Waals surface area contributed by atoms with Gasteiger partial charge in [0.2, 0.25) is 12.7 Å². The summed E-state index contributed by atoms with van der Waals surface area (Å²) in [5.74, 6) is 2.59. The van der Waals surface area contributed by atoms with Crippen LogP contribution in [0.4, 0.5) is 0 Å². The Morgan fingerprint density at radius 3 is 2.84 bits per heavy atom. The van der Waals surface area contributed by atoms with E-state index in [2.05, 4.69) is 5.16 Å². The fourth-order valence-corrected chi connectivity index (χ4v) is 4.16. The summed E-state index contributed by atoms with van der Waals surface area (Å²) in [6, 6.07) is 13.6. The quantitative estimate of drug-likeness (QED) is 0.680. The van der Waals surface area contributed by atoms with Crippen molar-refractivity contribution in [1.82, 2.24) is 4.90 Å². The molecule has 162 valence electrons. The van der Waals surface area contributed by atoms with Gasteiger partial charge in [0.25, 0.3) is 0 Å². The van der Waals surface area contributed by atoms with Crippen LogP contribution in [0.5, 0.6) is 17.2 Å². The highest BCUT2D eigenvalue weighted by molar-refractivity contribution is 6.01. The third-order valence-corrected chi connectivity index (χ3v) is 6.14. The first kappa shape index (κ1) is 19.7. The van der Waals surface area contributed by atoms with Crippen LogP contribution in [0.2, 0.25) is 0 Å². The molecule has 1 aliphatic carbocycles. The van der Waals surface area contributed by atoms with Crippen molar-refractivity contribution in [2.45, 2.75) is 38.3 Å². The summed E-state index contributed by atoms with van der Waals surface area (Å²) in [6.07, 6.45) is 3.54. The molecule has 1 unspecified atom stereocenters. The Kier molecular flexibility index (Phi) is 5.40. The summed E-state index contributed by atoms with van der Waals surface area (Å²) in [5.41, 5.74) is 2.86. The lowest BCUT2D eigenvalue weighted by molar-refractivity contribution is -0.140. The molecule has 5 rings (SSSR count). The molecule has 1 saturated carbocycles. The zero-order valence-electron chi connectivity index (χ0n) is 17.6. The number of amides is 1. The first-order valence-corrected chi connectivity index (χ1v) is 10.7. The van der Waals surface area contributed by atoms with E-state index < -0.39 is 0 Å². The molecule has 7 nitrogen and oxygen atoms in total. The smallest absolute Gasteiger partial charge is 0.231 e. The van der Waals surface area contributed by atoms with E-state index in [1.165, 1.54) is 0 Å². The maximum absolute atomic E-state index is 13.1. The number of fused-ring (bicyclic) bond motifs is 1. The molecule has 0 N–H and O–H groups in total. The Morgan fingerprint density at radius 2 is 2.03 bits per heavy atom. The van der Waals surface area contributed by atoms with Crippen LogP contribution >= 0.6 is 0 Å². The molecule has 0 saturated heterocycles. The highest BCUT2D eigenvalue weighted by Gasteiger charge is 2.33. The molecule has 0 bridgehead atoms. The number of hydrogen-bond donors (Lipinski definition) is 0. The van der Waals surface area contributed by atoms with Gasteiger partial charge in [-0.3, -0.25) is 4.79 Å². The van der Waals surface area contributed by atoms with Crippen molar-refractivity contribution in [2.24, 2.45) is 11.1 Å². The second-order valence-electron chi connectivity index (χ2n) is 8.24. The molecule has 2 aromatic carbocycles. The van der Waals surface area contributed by atoms with Crippen LogP contribution < -0.4 is 14.2 Å². The molecule has 1 fully saturated rings. The van der Waals surface area contributed by atoms with Crippen LogP contribution in [0.1, 0.15) is 36.8 Å². The zero-order chi connectivity index (χ0) is 21.2. The summed E-state index contributed by atoms with van der Waals surface area (Å²) < 4.78 is 16.2. The number of carbonyl (C=O) groups excluding carboxylic acids is 1. The van der Waals surface area contributed by atoms with Crippen LogP contribution in [-0.2, 0) is 16.2 Å². The van der Waals surface area contributed by atoms with E-state index in [0.29, 0.717) is 19.5 Å². The van der Waals surface area contributed by atoms with E-state index in [0.717, 1.165) is 53.3 Å². The van der Waals surface area contributed by atoms with Gasteiger partial charge >= 0.3 is 0 Å².